The molecule has 4 rings (SSSR count). The van der Waals surface area contributed by atoms with Gasteiger partial charge in [-0.1, -0.05) is 35.5 Å². The Morgan fingerprint density at radius 3 is 2.56 bits per heavy atom. The summed E-state index contributed by atoms with van der Waals surface area (Å²) in [5, 5.41) is 3.98. The van der Waals surface area contributed by atoms with Crippen molar-refractivity contribution < 1.29 is 14.1 Å². The lowest BCUT2D eigenvalue weighted by atomic mass is 10.2. The summed E-state index contributed by atoms with van der Waals surface area (Å²) in [4.78, 5) is 45.5. The highest BCUT2D eigenvalue weighted by Crippen LogP contribution is 2.21. The number of benzene rings is 2. The van der Waals surface area contributed by atoms with Gasteiger partial charge in [-0.15, -0.1) is 0 Å². The van der Waals surface area contributed by atoms with Gasteiger partial charge in [0.1, 0.15) is 11.6 Å². The molecule has 1 amide bonds. The van der Waals surface area contributed by atoms with Crippen LogP contribution in [0, 0.1) is 0 Å². The molecule has 4 aromatic rings. The van der Waals surface area contributed by atoms with E-state index in [0.29, 0.717) is 24.6 Å². The lowest BCUT2D eigenvalue weighted by Gasteiger charge is -2.20. The molecule has 11 nitrogen and oxygen atoms in total. The first-order chi connectivity index (χ1) is 17.4. The molecule has 2 aromatic carbocycles. The fourth-order valence-electron chi connectivity index (χ4n) is 3.72. The van der Waals surface area contributed by atoms with Crippen LogP contribution in [0.25, 0.3) is 11.4 Å². The average Bonchev–Trinajstić information content (AvgIpc) is 3.36. The van der Waals surface area contributed by atoms with Crippen molar-refractivity contribution in [1.29, 1.82) is 0 Å². The number of anilines is 2. The van der Waals surface area contributed by atoms with Crippen LogP contribution in [-0.4, -0.2) is 39.8 Å². The van der Waals surface area contributed by atoms with E-state index >= 15 is 0 Å². The number of nitrogens with one attached hydrogen (secondary N) is 1. The second-order valence-corrected chi connectivity index (χ2v) is 8.11. The number of nitrogen functional groups attached to an aromatic ring is 1. The summed E-state index contributed by atoms with van der Waals surface area (Å²) < 4.78 is 11.7. The number of aryl methyl sites for hydroxylation is 1. The Labute approximate surface area is 206 Å². The number of carbonyl (C=O) groups is 1. The van der Waals surface area contributed by atoms with E-state index in [-0.39, 0.29) is 30.4 Å². The van der Waals surface area contributed by atoms with Crippen LogP contribution in [0.2, 0.25) is 0 Å². The van der Waals surface area contributed by atoms with E-state index in [9.17, 15) is 14.4 Å². The van der Waals surface area contributed by atoms with Crippen LogP contribution in [0.1, 0.15) is 24.3 Å². The fraction of sp³-hybridized carbons (Fsp3) is 0.240. The average molecular weight is 491 g/mol. The van der Waals surface area contributed by atoms with E-state index in [1.807, 2.05) is 42.5 Å². The number of amides is 1. The molecule has 0 saturated carbocycles. The minimum Gasteiger partial charge on any atom is -0.497 e. The highest BCUT2D eigenvalue weighted by molar-refractivity contribution is 5.94. The van der Waals surface area contributed by atoms with Crippen LogP contribution in [0.5, 0.6) is 5.75 Å². The van der Waals surface area contributed by atoms with E-state index in [1.165, 1.54) is 16.5 Å². The molecule has 2 heterocycles. The Hall–Kier alpha value is -4.67. The Bertz CT molecular complexity index is 1460. The Morgan fingerprint density at radius 1 is 1.14 bits per heavy atom. The first-order valence-corrected chi connectivity index (χ1v) is 11.3. The Kier molecular flexibility index (Phi) is 7.28. The van der Waals surface area contributed by atoms with E-state index < -0.39 is 11.2 Å². The number of carbonyl (C=O) groups excluding carboxylic acids is 1. The molecule has 11 heteroatoms. The van der Waals surface area contributed by atoms with Crippen molar-refractivity contribution in [3.63, 3.8) is 0 Å². The molecular formula is C25H26N6O5. The third kappa shape index (κ3) is 5.35. The van der Waals surface area contributed by atoms with Crippen molar-refractivity contribution in [3.8, 4) is 17.1 Å². The molecule has 0 spiro atoms. The second-order valence-electron chi connectivity index (χ2n) is 8.11. The van der Waals surface area contributed by atoms with Crippen LogP contribution < -0.4 is 26.6 Å². The van der Waals surface area contributed by atoms with E-state index in [1.54, 1.807) is 19.2 Å². The summed E-state index contributed by atoms with van der Waals surface area (Å²) in [6.07, 6.45) is 0.893. The summed E-state index contributed by atoms with van der Waals surface area (Å²) in [5.41, 5.74) is 6.34. The molecule has 0 unspecified atom stereocenters. The fourth-order valence-corrected chi connectivity index (χ4v) is 3.72. The second kappa shape index (κ2) is 10.7. The summed E-state index contributed by atoms with van der Waals surface area (Å²) >= 11 is 0. The van der Waals surface area contributed by atoms with Crippen molar-refractivity contribution in [2.45, 2.75) is 25.8 Å². The number of hydrogen-bond donors (Lipinski definition) is 2. The Morgan fingerprint density at radius 2 is 1.86 bits per heavy atom. The van der Waals surface area contributed by atoms with E-state index in [0.717, 1.165) is 16.9 Å². The van der Waals surface area contributed by atoms with E-state index in [4.69, 9.17) is 15.0 Å². The van der Waals surface area contributed by atoms with Crippen molar-refractivity contribution >= 4 is 17.4 Å². The first-order valence-electron chi connectivity index (χ1n) is 11.3. The molecule has 186 valence electrons. The molecule has 36 heavy (non-hydrogen) atoms. The SMILES string of the molecule is COc1ccc(-c2noc(CCCC(=O)N(C)c3c(N)n(Cc4ccccc4)c(=O)[nH]c3=O)n2)cc1. The maximum absolute atomic E-state index is 12.8. The number of methoxy groups -OCH3 is 1. The number of aromatic nitrogens is 4. The normalized spacial score (nSPS) is 10.8. The molecule has 0 fully saturated rings. The number of ether oxygens (including phenoxy) is 1. The van der Waals surface area contributed by atoms with Gasteiger partial charge in [-0.05, 0) is 36.2 Å². The molecule has 0 radical (unpaired) electrons. The van der Waals surface area contributed by atoms with Crippen LogP contribution in [0.3, 0.4) is 0 Å². The van der Waals surface area contributed by atoms with Gasteiger partial charge in [-0.3, -0.25) is 19.1 Å². The first kappa shape index (κ1) is 24.5. The zero-order chi connectivity index (χ0) is 25.7. The van der Waals surface area contributed by atoms with Gasteiger partial charge in [0.15, 0.2) is 5.69 Å². The Balaban J connectivity index is 1.41. The molecule has 3 N–H and O–H groups in total. The third-order valence-electron chi connectivity index (χ3n) is 5.70. The van der Waals surface area contributed by atoms with Crippen molar-refractivity contribution in [2.24, 2.45) is 0 Å². The monoisotopic (exact) mass is 490 g/mol. The van der Waals surface area contributed by atoms with Gasteiger partial charge in [0.25, 0.3) is 5.56 Å². The zero-order valence-corrected chi connectivity index (χ0v) is 19.9. The topological polar surface area (TPSA) is 149 Å². The highest BCUT2D eigenvalue weighted by Gasteiger charge is 2.21. The molecule has 0 bridgehead atoms. The van der Waals surface area contributed by atoms with Crippen LogP contribution >= 0.6 is 0 Å². The van der Waals surface area contributed by atoms with Gasteiger partial charge in [-0.25, -0.2) is 4.79 Å². The molecule has 0 aliphatic rings. The van der Waals surface area contributed by atoms with Gasteiger partial charge in [0.05, 0.1) is 13.7 Å². The van der Waals surface area contributed by atoms with Crippen molar-refractivity contribution in [1.82, 2.24) is 19.7 Å². The number of rotatable bonds is 9. The molecule has 0 saturated heterocycles. The number of hydrogen-bond acceptors (Lipinski definition) is 8. The third-order valence-corrected chi connectivity index (χ3v) is 5.70. The van der Waals surface area contributed by atoms with Gasteiger partial charge in [0, 0.05) is 25.5 Å². The lowest BCUT2D eigenvalue weighted by Crippen LogP contribution is -2.39. The van der Waals surface area contributed by atoms with Crippen LogP contribution in [0.15, 0.2) is 68.7 Å². The smallest absolute Gasteiger partial charge is 0.330 e. The van der Waals surface area contributed by atoms with Crippen molar-refractivity contribution in [2.75, 3.05) is 24.8 Å². The van der Waals surface area contributed by atoms with Gasteiger partial charge in [-0.2, -0.15) is 4.98 Å². The maximum Gasteiger partial charge on any atom is 0.330 e. The predicted molar refractivity (Wildman–Crippen MR) is 134 cm³/mol. The maximum atomic E-state index is 12.8. The quantitative estimate of drug-likeness (QED) is 0.363. The number of nitrogens with two attached hydrogens (primary N) is 1. The number of nitrogens with zero attached hydrogens (tertiary/aromatic N) is 4. The summed E-state index contributed by atoms with van der Waals surface area (Å²) in [6.45, 7) is 0.158. The number of H-pyrrole nitrogens is 1. The highest BCUT2D eigenvalue weighted by atomic mass is 16.5. The number of aromatic amines is 1. The van der Waals surface area contributed by atoms with Gasteiger partial charge >= 0.3 is 5.69 Å². The van der Waals surface area contributed by atoms with Crippen molar-refractivity contribution in [3.05, 3.63) is 86.9 Å². The van der Waals surface area contributed by atoms with Crippen LogP contribution in [0.4, 0.5) is 11.5 Å². The molecule has 2 aromatic heterocycles. The summed E-state index contributed by atoms with van der Waals surface area (Å²) in [7, 11) is 3.04. The molecular weight excluding hydrogens is 464 g/mol. The summed E-state index contributed by atoms with van der Waals surface area (Å²) in [6, 6.07) is 16.5. The largest absolute Gasteiger partial charge is 0.497 e. The van der Waals surface area contributed by atoms with Gasteiger partial charge < -0.3 is 19.9 Å². The van der Waals surface area contributed by atoms with Crippen LogP contribution in [-0.2, 0) is 17.8 Å². The minimum atomic E-state index is -0.723. The lowest BCUT2D eigenvalue weighted by molar-refractivity contribution is -0.118. The zero-order valence-electron chi connectivity index (χ0n) is 19.9. The standard InChI is InChI=1S/C25H26N6O5/c1-30(21-22(26)31(25(34)28-24(21)33)15-16-7-4-3-5-8-16)20(32)10-6-9-19-27-23(29-36-19)17-11-13-18(35-2)14-12-17/h3-5,7-8,11-14H,6,9-10,15,26H2,1-2H3,(H,28,33,34). The predicted octanol–water partition coefficient (Wildman–Crippen LogP) is 2.21. The molecule has 0 aliphatic carbocycles. The van der Waals surface area contributed by atoms with Gasteiger partial charge in [0.2, 0.25) is 17.6 Å². The minimum absolute atomic E-state index is 0.0740. The molecule has 0 aliphatic heterocycles. The van der Waals surface area contributed by atoms with E-state index in [2.05, 4.69) is 15.1 Å². The summed E-state index contributed by atoms with van der Waals surface area (Å²) in [5.74, 6) is 1.14. The molecule has 0 atom stereocenters.